The molecule has 0 aliphatic rings. The number of methoxy groups -OCH3 is 1. The van der Waals surface area contributed by atoms with Crippen molar-refractivity contribution >= 4 is 23.6 Å². The summed E-state index contributed by atoms with van der Waals surface area (Å²) in [7, 11) is 1.63. The van der Waals surface area contributed by atoms with E-state index >= 15 is 0 Å². The number of aryl methyl sites for hydroxylation is 1. The maximum Gasteiger partial charge on any atom is 0.243 e. The third-order valence-corrected chi connectivity index (χ3v) is 7.47. The van der Waals surface area contributed by atoms with Crippen LogP contribution in [0.25, 0.3) is 0 Å². The van der Waals surface area contributed by atoms with E-state index in [4.69, 9.17) is 4.74 Å². The van der Waals surface area contributed by atoms with E-state index in [9.17, 15) is 9.59 Å². The lowest BCUT2D eigenvalue weighted by Gasteiger charge is -2.32. The Balaban J connectivity index is 1.88. The molecule has 196 valence electrons. The summed E-state index contributed by atoms with van der Waals surface area (Å²) in [6.07, 6.45) is 1.27. The van der Waals surface area contributed by atoms with E-state index in [0.717, 1.165) is 29.1 Å². The molecule has 2 atom stereocenters. The average molecular weight is 519 g/mol. The van der Waals surface area contributed by atoms with Gasteiger partial charge in [0.15, 0.2) is 0 Å². The number of carbonyl (C=O) groups excluding carboxylic acids is 2. The van der Waals surface area contributed by atoms with Crippen LogP contribution in [0.5, 0.6) is 5.75 Å². The number of thioether (sulfide) groups is 1. The molecule has 3 aromatic carbocycles. The first-order valence-corrected chi connectivity index (χ1v) is 14.0. The van der Waals surface area contributed by atoms with Gasteiger partial charge in [-0.3, -0.25) is 9.59 Å². The van der Waals surface area contributed by atoms with Crippen molar-refractivity contribution in [2.24, 2.45) is 0 Å². The molecule has 0 spiro atoms. The molecule has 0 saturated carbocycles. The van der Waals surface area contributed by atoms with Crippen molar-refractivity contribution in [1.82, 2.24) is 10.2 Å². The van der Waals surface area contributed by atoms with Gasteiger partial charge in [-0.25, -0.2) is 0 Å². The first-order valence-electron chi connectivity index (χ1n) is 12.8. The van der Waals surface area contributed by atoms with Gasteiger partial charge in [0, 0.05) is 24.8 Å². The first-order chi connectivity index (χ1) is 17.9. The van der Waals surface area contributed by atoms with Crippen LogP contribution in [0.15, 0.2) is 78.9 Å². The van der Waals surface area contributed by atoms with E-state index in [1.54, 1.807) is 23.8 Å². The van der Waals surface area contributed by atoms with Crippen molar-refractivity contribution < 1.29 is 14.3 Å². The van der Waals surface area contributed by atoms with Gasteiger partial charge in [-0.15, -0.1) is 11.8 Å². The molecule has 0 heterocycles. The standard InChI is InChI=1S/C31H38N2O3S/c1-5-24(3)32-31(35)29(19-25-13-7-6-8-14-25)33(20-26-15-11-17-28(18-26)36-4)30(34)22-37-21-27-16-10-9-12-23(27)2/h6-18,24,29H,5,19-22H2,1-4H3,(H,32,35)/t24-,29+/m1/s1. The van der Waals surface area contributed by atoms with Gasteiger partial charge in [-0.2, -0.15) is 0 Å². The summed E-state index contributed by atoms with van der Waals surface area (Å²) in [6.45, 7) is 6.44. The zero-order valence-corrected chi connectivity index (χ0v) is 23.1. The normalized spacial score (nSPS) is 12.4. The van der Waals surface area contributed by atoms with Crippen molar-refractivity contribution in [3.8, 4) is 5.75 Å². The predicted molar refractivity (Wildman–Crippen MR) is 153 cm³/mol. The second-order valence-corrected chi connectivity index (χ2v) is 10.3. The lowest BCUT2D eigenvalue weighted by atomic mass is 10.0. The van der Waals surface area contributed by atoms with E-state index in [1.165, 1.54) is 11.1 Å². The number of hydrogen-bond acceptors (Lipinski definition) is 4. The highest BCUT2D eigenvalue weighted by molar-refractivity contribution is 7.99. The largest absolute Gasteiger partial charge is 0.497 e. The second-order valence-electron chi connectivity index (χ2n) is 9.32. The summed E-state index contributed by atoms with van der Waals surface area (Å²) in [5.41, 5.74) is 4.37. The van der Waals surface area contributed by atoms with Crippen LogP contribution in [0, 0.1) is 6.92 Å². The van der Waals surface area contributed by atoms with Gasteiger partial charge < -0.3 is 15.0 Å². The number of amides is 2. The molecule has 0 fully saturated rings. The number of nitrogens with one attached hydrogen (secondary N) is 1. The zero-order chi connectivity index (χ0) is 26.6. The van der Waals surface area contributed by atoms with Gasteiger partial charge in [-0.1, -0.05) is 73.7 Å². The SMILES string of the molecule is CC[C@@H](C)NC(=O)[C@H](Cc1ccccc1)N(Cc1cccc(OC)c1)C(=O)CSCc1ccccc1C. The van der Waals surface area contributed by atoms with Gasteiger partial charge in [0.05, 0.1) is 12.9 Å². The van der Waals surface area contributed by atoms with Crippen molar-refractivity contribution in [2.45, 2.75) is 58.0 Å². The fraction of sp³-hybridized carbons (Fsp3) is 0.355. The van der Waals surface area contributed by atoms with E-state index in [1.807, 2.05) is 80.6 Å². The van der Waals surface area contributed by atoms with Crippen molar-refractivity contribution in [3.63, 3.8) is 0 Å². The molecule has 0 aliphatic carbocycles. The molecule has 0 unspecified atom stereocenters. The minimum atomic E-state index is -0.630. The molecular formula is C31H38N2O3S. The van der Waals surface area contributed by atoms with Crippen molar-refractivity contribution in [1.29, 1.82) is 0 Å². The van der Waals surface area contributed by atoms with Crippen LogP contribution in [0.3, 0.4) is 0 Å². The molecule has 0 aliphatic heterocycles. The Labute approximate surface area is 225 Å². The smallest absolute Gasteiger partial charge is 0.243 e. The van der Waals surface area contributed by atoms with E-state index < -0.39 is 6.04 Å². The molecule has 2 amide bonds. The molecule has 6 heteroatoms. The predicted octanol–water partition coefficient (Wildman–Crippen LogP) is 5.79. The monoisotopic (exact) mass is 518 g/mol. The Morgan fingerprint density at radius 3 is 2.38 bits per heavy atom. The number of hydrogen-bond donors (Lipinski definition) is 1. The summed E-state index contributed by atoms with van der Waals surface area (Å²) in [5, 5.41) is 3.12. The molecule has 5 nitrogen and oxygen atoms in total. The minimum Gasteiger partial charge on any atom is -0.497 e. The second kappa shape index (κ2) is 14.5. The summed E-state index contributed by atoms with van der Waals surface area (Å²) >= 11 is 1.58. The topological polar surface area (TPSA) is 58.6 Å². The Bertz CT molecular complexity index is 1150. The van der Waals surface area contributed by atoms with Crippen molar-refractivity contribution in [2.75, 3.05) is 12.9 Å². The number of ether oxygens (including phenoxy) is 1. The van der Waals surface area contributed by atoms with Crippen LogP contribution < -0.4 is 10.1 Å². The summed E-state index contributed by atoms with van der Waals surface area (Å²) < 4.78 is 5.41. The average Bonchev–Trinajstić information content (AvgIpc) is 2.92. The third-order valence-electron chi connectivity index (χ3n) is 6.50. The Morgan fingerprint density at radius 1 is 0.973 bits per heavy atom. The van der Waals surface area contributed by atoms with Crippen LogP contribution in [0.4, 0.5) is 0 Å². The molecule has 1 N–H and O–H groups in total. The summed E-state index contributed by atoms with van der Waals surface area (Å²) in [4.78, 5) is 29.1. The van der Waals surface area contributed by atoms with Gasteiger partial charge in [0.2, 0.25) is 11.8 Å². The fourth-order valence-electron chi connectivity index (χ4n) is 4.07. The van der Waals surface area contributed by atoms with E-state index in [-0.39, 0.29) is 17.9 Å². The number of carbonyl (C=O) groups is 2. The number of benzene rings is 3. The third kappa shape index (κ3) is 8.67. The molecule has 0 saturated heterocycles. The Morgan fingerprint density at radius 2 is 1.68 bits per heavy atom. The highest BCUT2D eigenvalue weighted by Crippen LogP contribution is 2.21. The lowest BCUT2D eigenvalue weighted by molar-refractivity contribution is -0.139. The fourth-order valence-corrected chi connectivity index (χ4v) is 5.05. The molecule has 0 bridgehead atoms. The molecule has 0 radical (unpaired) electrons. The number of rotatable bonds is 13. The Hall–Kier alpha value is -3.25. The van der Waals surface area contributed by atoms with Gasteiger partial charge in [0.25, 0.3) is 0 Å². The van der Waals surface area contributed by atoms with Gasteiger partial charge >= 0.3 is 0 Å². The van der Waals surface area contributed by atoms with Crippen molar-refractivity contribution in [3.05, 3.63) is 101 Å². The zero-order valence-electron chi connectivity index (χ0n) is 22.3. The maximum atomic E-state index is 13.8. The maximum absolute atomic E-state index is 13.8. The van der Waals surface area contributed by atoms with Crippen LogP contribution in [-0.4, -0.2) is 41.7 Å². The van der Waals surface area contributed by atoms with Gasteiger partial charge in [-0.05, 0) is 54.7 Å². The lowest BCUT2D eigenvalue weighted by Crippen LogP contribution is -2.52. The quantitative estimate of drug-likeness (QED) is 0.311. The first kappa shape index (κ1) is 28.3. The highest BCUT2D eigenvalue weighted by atomic mass is 32.2. The highest BCUT2D eigenvalue weighted by Gasteiger charge is 2.31. The van der Waals surface area contributed by atoms with Gasteiger partial charge in [0.1, 0.15) is 11.8 Å². The molecule has 3 aromatic rings. The molecule has 0 aromatic heterocycles. The van der Waals surface area contributed by atoms with E-state index in [0.29, 0.717) is 18.7 Å². The van der Waals surface area contributed by atoms with Crippen LogP contribution in [0.2, 0.25) is 0 Å². The summed E-state index contributed by atoms with van der Waals surface area (Å²) in [6, 6.07) is 25.2. The molecule has 3 rings (SSSR count). The molecular weight excluding hydrogens is 480 g/mol. The van der Waals surface area contributed by atoms with Crippen LogP contribution in [0.1, 0.15) is 42.5 Å². The van der Waals surface area contributed by atoms with Crippen LogP contribution >= 0.6 is 11.8 Å². The van der Waals surface area contributed by atoms with Crippen LogP contribution in [-0.2, 0) is 28.3 Å². The Kier molecular flexibility index (Phi) is 11.1. The minimum absolute atomic E-state index is 0.0231. The molecule has 37 heavy (non-hydrogen) atoms. The number of nitrogens with zero attached hydrogens (tertiary/aromatic N) is 1. The van der Waals surface area contributed by atoms with E-state index in [2.05, 4.69) is 24.4 Å². The summed E-state index contributed by atoms with van der Waals surface area (Å²) in [5.74, 6) is 1.58.